The Labute approximate surface area is 260 Å². The lowest BCUT2D eigenvalue weighted by molar-refractivity contribution is 0.117. The fourth-order valence-electron chi connectivity index (χ4n) is 6.53. The molecule has 6 rings (SSSR count). The topological polar surface area (TPSA) is 94.6 Å². The van der Waals surface area contributed by atoms with Gasteiger partial charge in [-0.15, -0.1) is 0 Å². The maximum Gasteiger partial charge on any atom is 0.229 e. The number of piperidine rings is 1. The molecule has 0 amide bonds. The molecule has 0 atom stereocenters. The van der Waals surface area contributed by atoms with Gasteiger partial charge >= 0.3 is 0 Å². The first-order valence-electron chi connectivity index (χ1n) is 15.3. The zero-order valence-electron chi connectivity index (χ0n) is 25.6. The highest BCUT2D eigenvalue weighted by molar-refractivity contribution is 7.70. The first-order valence-corrected chi connectivity index (χ1v) is 18.3. The van der Waals surface area contributed by atoms with Gasteiger partial charge in [-0.05, 0) is 69.2 Å². The van der Waals surface area contributed by atoms with Gasteiger partial charge in [0.1, 0.15) is 17.9 Å². The number of benzene rings is 2. The summed E-state index contributed by atoms with van der Waals surface area (Å²) in [6.07, 6.45) is 7.49. The summed E-state index contributed by atoms with van der Waals surface area (Å²) in [7, 11) is -0.820. The maximum absolute atomic E-state index is 12.9. The van der Waals surface area contributed by atoms with Crippen LogP contribution in [0, 0.1) is 0 Å². The number of aryl methyl sites for hydroxylation is 1. The molecule has 2 saturated heterocycles. The highest BCUT2D eigenvalue weighted by Gasteiger charge is 2.46. The van der Waals surface area contributed by atoms with E-state index in [0.717, 1.165) is 49.3 Å². The monoisotopic (exact) mass is 623 g/mol. The molecule has 1 aromatic heterocycles. The molecular formula is C32H43ClN7O2P. The van der Waals surface area contributed by atoms with Gasteiger partial charge in [-0.3, -0.25) is 4.90 Å². The fourth-order valence-corrected chi connectivity index (χ4v) is 7.82. The number of methoxy groups -OCH3 is 1. The molecule has 3 heterocycles. The summed E-state index contributed by atoms with van der Waals surface area (Å²) in [5.74, 6) is 1.56. The van der Waals surface area contributed by atoms with E-state index in [2.05, 4.69) is 54.8 Å². The molecule has 3 aliphatic rings. The minimum Gasteiger partial charge on any atom is -0.494 e. The van der Waals surface area contributed by atoms with Crippen molar-refractivity contribution in [2.24, 2.45) is 0 Å². The third-order valence-electron chi connectivity index (χ3n) is 9.09. The average molecular weight is 624 g/mol. The van der Waals surface area contributed by atoms with E-state index >= 15 is 0 Å². The van der Waals surface area contributed by atoms with Crippen LogP contribution in [0.25, 0.3) is 0 Å². The molecule has 2 aliphatic heterocycles. The Bertz CT molecular complexity index is 1520. The van der Waals surface area contributed by atoms with E-state index in [4.69, 9.17) is 16.3 Å². The first kappa shape index (κ1) is 30.2. The van der Waals surface area contributed by atoms with Gasteiger partial charge in [-0.2, -0.15) is 4.98 Å². The van der Waals surface area contributed by atoms with Crippen molar-refractivity contribution in [3.63, 3.8) is 0 Å². The highest BCUT2D eigenvalue weighted by Crippen LogP contribution is 2.41. The van der Waals surface area contributed by atoms with Gasteiger partial charge in [0.25, 0.3) is 0 Å². The lowest BCUT2D eigenvalue weighted by atomic mass is 9.98. The molecule has 9 nitrogen and oxygen atoms in total. The number of nitrogens with one attached hydrogen (secondary N) is 3. The molecule has 3 N–H and O–H groups in total. The third-order valence-corrected chi connectivity index (χ3v) is 10.9. The second-order valence-electron chi connectivity index (χ2n) is 12.4. The summed E-state index contributed by atoms with van der Waals surface area (Å²) in [4.78, 5) is 14.4. The normalized spacial score (nSPS) is 19.0. The van der Waals surface area contributed by atoms with E-state index in [1.165, 1.54) is 43.5 Å². The number of hydrogen-bond acceptors (Lipinski definition) is 9. The molecule has 3 aromatic rings. The van der Waals surface area contributed by atoms with Crippen LogP contribution in [0.3, 0.4) is 0 Å². The Morgan fingerprint density at radius 2 is 1.88 bits per heavy atom. The number of piperazine rings is 1. The second kappa shape index (κ2) is 12.3. The molecule has 3 fully saturated rings. The molecule has 2 aromatic carbocycles. The predicted octanol–water partition coefficient (Wildman–Crippen LogP) is 5.84. The summed E-state index contributed by atoms with van der Waals surface area (Å²) in [5, 5.41) is 11.5. The molecular weight excluding hydrogens is 581 g/mol. The lowest BCUT2D eigenvalue weighted by Crippen LogP contribution is -2.57. The number of ether oxygens (including phenoxy) is 1. The standard InChI is InChI=1S/C32H43ClN7O2P/c1-5-22-18-26(37-31-34-20-24(33)30(38-31)36-25-8-6-7-9-29(25)43(3,4)41)28(42-2)19-27(22)39-15-10-23(11-16-39)40-17-14-35-32(21-40)12-13-32/h6-9,18-20,23,35H,5,10-17,21H2,1-4H3,(H2,34,36,37,38). The van der Waals surface area contributed by atoms with Gasteiger partial charge in [-0.1, -0.05) is 30.7 Å². The van der Waals surface area contributed by atoms with Crippen LogP contribution in [0.5, 0.6) is 5.75 Å². The van der Waals surface area contributed by atoms with Crippen LogP contribution in [0.4, 0.5) is 28.8 Å². The number of anilines is 5. The van der Waals surface area contributed by atoms with Gasteiger partial charge in [0.15, 0.2) is 5.82 Å². The van der Waals surface area contributed by atoms with Crippen molar-refractivity contribution in [3.8, 4) is 5.75 Å². The van der Waals surface area contributed by atoms with Crippen molar-refractivity contribution in [2.45, 2.75) is 50.6 Å². The van der Waals surface area contributed by atoms with Crippen molar-refractivity contribution in [3.05, 3.63) is 53.2 Å². The predicted molar refractivity (Wildman–Crippen MR) is 178 cm³/mol. The minimum absolute atomic E-state index is 0.371. The number of para-hydroxylation sites is 1. The summed E-state index contributed by atoms with van der Waals surface area (Å²) in [6.45, 7) is 11.3. The number of halogens is 1. The molecule has 1 saturated carbocycles. The number of nitrogens with zero attached hydrogens (tertiary/aromatic N) is 4. The molecule has 0 unspecified atom stereocenters. The Balaban J connectivity index is 1.18. The van der Waals surface area contributed by atoms with E-state index < -0.39 is 7.14 Å². The van der Waals surface area contributed by atoms with Crippen LogP contribution in [0.2, 0.25) is 5.02 Å². The Kier molecular flexibility index (Phi) is 8.62. The highest BCUT2D eigenvalue weighted by atomic mass is 35.5. The molecule has 230 valence electrons. The molecule has 0 radical (unpaired) electrons. The summed E-state index contributed by atoms with van der Waals surface area (Å²) < 4.78 is 18.7. The number of hydrogen-bond donors (Lipinski definition) is 3. The van der Waals surface area contributed by atoms with Crippen molar-refractivity contribution in [2.75, 3.05) is 68.7 Å². The molecule has 0 bridgehead atoms. The van der Waals surface area contributed by atoms with Crippen LogP contribution < -0.4 is 30.9 Å². The average Bonchev–Trinajstić information content (AvgIpc) is 3.76. The minimum atomic E-state index is -2.51. The van der Waals surface area contributed by atoms with Gasteiger partial charge in [-0.25, -0.2) is 4.98 Å². The van der Waals surface area contributed by atoms with Gasteiger partial charge in [0, 0.05) is 61.4 Å². The van der Waals surface area contributed by atoms with E-state index in [9.17, 15) is 4.57 Å². The Morgan fingerprint density at radius 1 is 1.12 bits per heavy atom. The summed E-state index contributed by atoms with van der Waals surface area (Å²) in [5.41, 5.74) is 4.43. The van der Waals surface area contributed by atoms with Crippen LogP contribution in [-0.2, 0) is 11.0 Å². The fraction of sp³-hybridized carbons (Fsp3) is 0.500. The van der Waals surface area contributed by atoms with Crippen molar-refractivity contribution >= 4 is 52.9 Å². The molecule has 43 heavy (non-hydrogen) atoms. The van der Waals surface area contributed by atoms with E-state index in [1.807, 2.05) is 24.3 Å². The van der Waals surface area contributed by atoms with Gasteiger partial charge < -0.3 is 30.2 Å². The van der Waals surface area contributed by atoms with E-state index in [1.54, 1.807) is 26.6 Å². The summed E-state index contributed by atoms with van der Waals surface area (Å²) in [6, 6.07) is 12.5. The Hall–Kier alpha value is -2.84. The largest absolute Gasteiger partial charge is 0.494 e. The quantitative estimate of drug-likeness (QED) is 0.254. The maximum atomic E-state index is 12.9. The lowest BCUT2D eigenvalue weighted by Gasteiger charge is -2.44. The molecule has 1 spiro atoms. The third kappa shape index (κ3) is 6.65. The first-order chi connectivity index (χ1) is 20.7. The van der Waals surface area contributed by atoms with Crippen LogP contribution in [-0.4, -0.2) is 79.6 Å². The molecule has 1 aliphatic carbocycles. The zero-order valence-corrected chi connectivity index (χ0v) is 27.3. The van der Waals surface area contributed by atoms with Gasteiger partial charge in [0.2, 0.25) is 5.95 Å². The van der Waals surface area contributed by atoms with Crippen LogP contribution in [0.1, 0.15) is 38.2 Å². The van der Waals surface area contributed by atoms with Crippen LogP contribution in [0.15, 0.2) is 42.6 Å². The molecule has 11 heteroatoms. The van der Waals surface area contributed by atoms with Crippen molar-refractivity contribution in [1.82, 2.24) is 20.2 Å². The number of rotatable bonds is 9. The van der Waals surface area contributed by atoms with E-state index in [0.29, 0.717) is 34.1 Å². The SMILES string of the molecule is CCc1cc(Nc2ncc(Cl)c(Nc3ccccc3P(C)(C)=O)n2)c(OC)cc1N1CCC(N2CCNC3(CC3)C2)CC1. The smallest absolute Gasteiger partial charge is 0.229 e. The Morgan fingerprint density at radius 3 is 2.58 bits per heavy atom. The van der Waals surface area contributed by atoms with Crippen molar-refractivity contribution < 1.29 is 9.30 Å². The van der Waals surface area contributed by atoms with E-state index in [-0.39, 0.29) is 0 Å². The van der Waals surface area contributed by atoms with Crippen molar-refractivity contribution in [1.29, 1.82) is 0 Å². The summed E-state index contributed by atoms with van der Waals surface area (Å²) >= 11 is 6.48. The zero-order chi connectivity index (χ0) is 30.2. The number of aromatic nitrogens is 2. The van der Waals surface area contributed by atoms with Gasteiger partial charge in [0.05, 0.1) is 24.7 Å². The second-order valence-corrected chi connectivity index (χ2v) is 16.0. The van der Waals surface area contributed by atoms with Crippen LogP contribution >= 0.6 is 18.7 Å².